The highest BCUT2D eigenvalue weighted by Crippen LogP contribution is 2.29. The van der Waals surface area contributed by atoms with Crippen LogP contribution in [0.3, 0.4) is 0 Å². The molecule has 148 valence electrons. The largest absolute Gasteiger partial charge is 0.504 e. The summed E-state index contributed by atoms with van der Waals surface area (Å²) in [6.07, 6.45) is 0.611. The second kappa shape index (κ2) is 11.9. The van der Waals surface area contributed by atoms with E-state index in [0.717, 1.165) is 22.7 Å². The van der Waals surface area contributed by atoms with Crippen LogP contribution in [-0.2, 0) is 6.42 Å². The van der Waals surface area contributed by atoms with Crippen LogP contribution in [-0.4, -0.2) is 31.3 Å². The number of ether oxygens (including phenoxy) is 1. The molecule has 7 heteroatoms. The summed E-state index contributed by atoms with van der Waals surface area (Å²) in [5, 5.41) is 17.5. The Morgan fingerprint density at radius 2 is 1.96 bits per heavy atom. The first-order valence-electron chi connectivity index (χ1n) is 8.71. The smallest absolute Gasteiger partial charge is 0.191 e. The number of aliphatic imine (C=N–C) groups is 1. The van der Waals surface area contributed by atoms with Crippen molar-refractivity contribution in [1.29, 1.82) is 0 Å². The lowest BCUT2D eigenvalue weighted by Crippen LogP contribution is -2.39. The van der Waals surface area contributed by atoms with Crippen LogP contribution in [0.15, 0.2) is 47.5 Å². The molecule has 5 nitrogen and oxygen atoms in total. The molecular formula is C20H27ClIN3O2. The fraction of sp³-hybridized carbons (Fsp3) is 0.350. The Bertz CT molecular complexity index is 756. The molecule has 27 heavy (non-hydrogen) atoms. The van der Waals surface area contributed by atoms with Crippen LogP contribution in [0.25, 0.3) is 0 Å². The van der Waals surface area contributed by atoms with E-state index in [1.807, 2.05) is 50.2 Å². The zero-order valence-corrected chi connectivity index (χ0v) is 18.9. The van der Waals surface area contributed by atoms with Gasteiger partial charge in [0.15, 0.2) is 17.5 Å². The molecule has 2 aromatic carbocycles. The van der Waals surface area contributed by atoms with Crippen molar-refractivity contribution in [3.05, 3.63) is 58.6 Å². The van der Waals surface area contributed by atoms with Gasteiger partial charge in [0.05, 0.1) is 13.2 Å². The Kier molecular flexibility index (Phi) is 10.3. The number of halogens is 2. The quantitative estimate of drug-likeness (QED) is 0.295. The number of nitrogens with one attached hydrogen (secondary N) is 2. The summed E-state index contributed by atoms with van der Waals surface area (Å²) in [6, 6.07) is 13.3. The molecule has 3 N–H and O–H groups in total. The molecular weight excluding hydrogens is 477 g/mol. The first-order valence-corrected chi connectivity index (χ1v) is 9.08. The number of guanidine groups is 1. The van der Waals surface area contributed by atoms with E-state index in [2.05, 4.69) is 15.6 Å². The highest BCUT2D eigenvalue weighted by atomic mass is 127. The lowest BCUT2D eigenvalue weighted by molar-refractivity contribution is 0.370. The Labute approximate surface area is 183 Å². The summed E-state index contributed by atoms with van der Waals surface area (Å²) >= 11 is 6.27. The Balaban J connectivity index is 0.00000364. The third-order valence-electron chi connectivity index (χ3n) is 4.02. The molecule has 0 amide bonds. The van der Waals surface area contributed by atoms with E-state index in [1.165, 1.54) is 0 Å². The topological polar surface area (TPSA) is 65.9 Å². The predicted octanol–water partition coefficient (Wildman–Crippen LogP) is 4.53. The van der Waals surface area contributed by atoms with Gasteiger partial charge in [-0.15, -0.1) is 24.0 Å². The first kappa shape index (κ1) is 23.4. The van der Waals surface area contributed by atoms with E-state index < -0.39 is 0 Å². The van der Waals surface area contributed by atoms with Crippen LogP contribution < -0.4 is 15.4 Å². The van der Waals surface area contributed by atoms with Gasteiger partial charge in [0.1, 0.15) is 0 Å². The SMILES string of the molecule is CCNC(=NCCc1cccc(OC)c1O)NC(C)c1ccccc1Cl.I. The monoisotopic (exact) mass is 503 g/mol. The molecule has 0 spiro atoms. The number of para-hydroxylation sites is 1. The van der Waals surface area contributed by atoms with Crippen molar-refractivity contribution < 1.29 is 9.84 Å². The third-order valence-corrected chi connectivity index (χ3v) is 4.37. The molecule has 0 aliphatic carbocycles. The summed E-state index contributed by atoms with van der Waals surface area (Å²) in [7, 11) is 1.54. The third kappa shape index (κ3) is 6.77. The number of nitrogens with zero attached hydrogens (tertiary/aromatic N) is 1. The molecule has 0 saturated carbocycles. The molecule has 0 radical (unpaired) electrons. The minimum Gasteiger partial charge on any atom is -0.504 e. The zero-order chi connectivity index (χ0) is 18.9. The lowest BCUT2D eigenvalue weighted by atomic mass is 10.1. The summed E-state index contributed by atoms with van der Waals surface area (Å²) in [4.78, 5) is 4.60. The van der Waals surface area contributed by atoms with Crippen molar-refractivity contribution in [1.82, 2.24) is 10.6 Å². The average Bonchev–Trinajstić information content (AvgIpc) is 2.63. The average molecular weight is 504 g/mol. The Morgan fingerprint density at radius 3 is 2.63 bits per heavy atom. The number of phenols is 1. The maximum absolute atomic E-state index is 10.2. The lowest BCUT2D eigenvalue weighted by Gasteiger charge is -2.19. The van der Waals surface area contributed by atoms with Gasteiger partial charge in [-0.05, 0) is 43.5 Å². The molecule has 0 saturated heterocycles. The molecule has 2 rings (SSSR count). The molecule has 2 aromatic rings. The maximum Gasteiger partial charge on any atom is 0.191 e. The van der Waals surface area contributed by atoms with Gasteiger partial charge in [-0.25, -0.2) is 0 Å². The van der Waals surface area contributed by atoms with Crippen molar-refractivity contribution >= 4 is 41.5 Å². The first-order chi connectivity index (χ1) is 12.6. The molecule has 1 atom stereocenters. The van der Waals surface area contributed by atoms with Crippen LogP contribution >= 0.6 is 35.6 Å². The molecule has 0 heterocycles. The number of hydrogen-bond acceptors (Lipinski definition) is 3. The van der Waals surface area contributed by atoms with Crippen molar-refractivity contribution in [3.63, 3.8) is 0 Å². The molecule has 0 bridgehead atoms. The van der Waals surface area contributed by atoms with Gasteiger partial charge in [-0.2, -0.15) is 0 Å². The number of aromatic hydroxyl groups is 1. The van der Waals surface area contributed by atoms with Gasteiger partial charge in [-0.3, -0.25) is 4.99 Å². The van der Waals surface area contributed by atoms with Gasteiger partial charge in [0, 0.05) is 18.1 Å². The standard InChI is InChI=1S/C20H26ClN3O2.HI/c1-4-22-20(24-14(2)16-9-5-6-10-17(16)21)23-13-12-15-8-7-11-18(26-3)19(15)25;/h5-11,14,25H,4,12-13H2,1-3H3,(H2,22,23,24);1H. The van der Waals surface area contributed by atoms with Crippen LogP contribution in [0, 0.1) is 0 Å². The maximum atomic E-state index is 10.2. The van der Waals surface area contributed by atoms with Crippen molar-refractivity contribution in [2.24, 2.45) is 4.99 Å². The highest BCUT2D eigenvalue weighted by molar-refractivity contribution is 14.0. The van der Waals surface area contributed by atoms with E-state index in [0.29, 0.717) is 24.7 Å². The van der Waals surface area contributed by atoms with Crippen LogP contribution in [0.2, 0.25) is 5.02 Å². The highest BCUT2D eigenvalue weighted by Gasteiger charge is 2.11. The second-order valence-corrected chi connectivity index (χ2v) is 6.27. The minimum absolute atomic E-state index is 0. The fourth-order valence-corrected chi connectivity index (χ4v) is 2.95. The fourth-order valence-electron chi connectivity index (χ4n) is 2.65. The minimum atomic E-state index is 0. The van der Waals surface area contributed by atoms with Crippen LogP contribution in [0.4, 0.5) is 0 Å². The van der Waals surface area contributed by atoms with Crippen LogP contribution in [0.1, 0.15) is 31.0 Å². The number of hydrogen-bond donors (Lipinski definition) is 3. The van der Waals surface area contributed by atoms with E-state index in [4.69, 9.17) is 16.3 Å². The second-order valence-electron chi connectivity index (χ2n) is 5.87. The summed E-state index contributed by atoms with van der Waals surface area (Å²) < 4.78 is 5.14. The number of benzene rings is 2. The molecule has 0 fully saturated rings. The van der Waals surface area contributed by atoms with Crippen molar-refractivity contribution in [2.45, 2.75) is 26.3 Å². The van der Waals surface area contributed by atoms with Crippen molar-refractivity contribution in [2.75, 3.05) is 20.2 Å². The summed E-state index contributed by atoms with van der Waals surface area (Å²) in [5.41, 5.74) is 1.83. The van der Waals surface area contributed by atoms with E-state index in [9.17, 15) is 5.11 Å². The Morgan fingerprint density at radius 1 is 1.22 bits per heavy atom. The van der Waals surface area contributed by atoms with E-state index in [-0.39, 0.29) is 35.8 Å². The van der Waals surface area contributed by atoms with Gasteiger partial charge < -0.3 is 20.5 Å². The molecule has 1 unspecified atom stereocenters. The number of rotatable bonds is 7. The van der Waals surface area contributed by atoms with Gasteiger partial charge in [0.25, 0.3) is 0 Å². The van der Waals surface area contributed by atoms with E-state index >= 15 is 0 Å². The van der Waals surface area contributed by atoms with Gasteiger partial charge >= 0.3 is 0 Å². The predicted molar refractivity (Wildman–Crippen MR) is 123 cm³/mol. The number of methoxy groups -OCH3 is 1. The molecule has 0 aromatic heterocycles. The van der Waals surface area contributed by atoms with Crippen molar-refractivity contribution in [3.8, 4) is 11.5 Å². The molecule has 0 aliphatic heterocycles. The zero-order valence-electron chi connectivity index (χ0n) is 15.8. The van der Waals surface area contributed by atoms with Gasteiger partial charge in [0.2, 0.25) is 0 Å². The normalized spacial score (nSPS) is 12.1. The summed E-state index contributed by atoms with van der Waals surface area (Å²) in [6.45, 7) is 5.35. The van der Waals surface area contributed by atoms with Crippen LogP contribution in [0.5, 0.6) is 11.5 Å². The van der Waals surface area contributed by atoms with Gasteiger partial charge in [-0.1, -0.05) is 41.9 Å². The van der Waals surface area contributed by atoms with E-state index in [1.54, 1.807) is 13.2 Å². The number of phenolic OH excluding ortho intramolecular Hbond substituents is 1. The molecule has 0 aliphatic rings. The Hall–Kier alpha value is -1.67. The summed E-state index contributed by atoms with van der Waals surface area (Å²) in [5.74, 6) is 1.36.